The zero-order chi connectivity index (χ0) is 15.7. The standard InChI is InChI=1S/C18H18O3S/c1-3-4-11-5-8-14(15(9-11)20-2)16-17(19)12-6-7-13(10-12)18(16)21-22/h5,8-9,12-13,22H,6-7,10H2,1-2H3. The smallest absolute Gasteiger partial charge is 0.170 e. The van der Waals surface area contributed by atoms with Gasteiger partial charge in [0.05, 0.1) is 12.7 Å². The SMILES string of the molecule is CC#Cc1ccc(C2=C(OS)C3CCC(C3)C2=O)c(OC)c1. The van der Waals surface area contributed by atoms with E-state index in [1.807, 2.05) is 18.2 Å². The van der Waals surface area contributed by atoms with Gasteiger partial charge in [-0.2, -0.15) is 0 Å². The molecule has 0 aliphatic heterocycles. The first-order valence-corrected chi connectivity index (χ1v) is 7.77. The molecule has 22 heavy (non-hydrogen) atoms. The molecule has 0 heterocycles. The third-order valence-electron chi connectivity index (χ3n) is 4.51. The number of thiol groups is 1. The van der Waals surface area contributed by atoms with E-state index in [-0.39, 0.29) is 17.6 Å². The van der Waals surface area contributed by atoms with Crippen LogP contribution in [0.1, 0.15) is 37.3 Å². The second-order valence-corrected chi connectivity index (χ2v) is 5.87. The molecule has 1 aromatic rings. The van der Waals surface area contributed by atoms with Crippen molar-refractivity contribution in [2.24, 2.45) is 11.8 Å². The Balaban J connectivity index is 2.15. The monoisotopic (exact) mass is 314 g/mol. The molecule has 4 heteroatoms. The van der Waals surface area contributed by atoms with Crippen molar-refractivity contribution in [2.75, 3.05) is 7.11 Å². The van der Waals surface area contributed by atoms with Crippen LogP contribution in [0.3, 0.4) is 0 Å². The van der Waals surface area contributed by atoms with Crippen molar-refractivity contribution in [3.05, 3.63) is 35.1 Å². The van der Waals surface area contributed by atoms with Gasteiger partial charge >= 0.3 is 0 Å². The zero-order valence-electron chi connectivity index (χ0n) is 12.7. The van der Waals surface area contributed by atoms with Crippen LogP contribution in [0.25, 0.3) is 5.57 Å². The number of carbonyl (C=O) groups is 1. The van der Waals surface area contributed by atoms with E-state index in [4.69, 9.17) is 8.92 Å². The van der Waals surface area contributed by atoms with E-state index in [1.165, 1.54) is 0 Å². The highest BCUT2D eigenvalue weighted by Gasteiger charge is 2.42. The predicted octanol–water partition coefficient (Wildman–Crippen LogP) is 3.64. The van der Waals surface area contributed by atoms with Gasteiger partial charge in [0.15, 0.2) is 5.78 Å². The van der Waals surface area contributed by atoms with Crippen molar-refractivity contribution in [2.45, 2.75) is 26.2 Å². The van der Waals surface area contributed by atoms with Crippen molar-refractivity contribution < 1.29 is 13.7 Å². The number of benzene rings is 1. The van der Waals surface area contributed by atoms with Crippen LogP contribution >= 0.6 is 12.9 Å². The number of ketones is 1. The highest BCUT2D eigenvalue weighted by atomic mass is 32.1. The molecule has 2 atom stereocenters. The van der Waals surface area contributed by atoms with Crippen molar-refractivity contribution in [3.8, 4) is 17.6 Å². The van der Waals surface area contributed by atoms with Crippen LogP contribution in [-0.4, -0.2) is 12.9 Å². The molecule has 1 saturated carbocycles. The first-order chi connectivity index (χ1) is 10.7. The van der Waals surface area contributed by atoms with E-state index < -0.39 is 0 Å². The Bertz CT molecular complexity index is 709. The van der Waals surface area contributed by atoms with Gasteiger partial charge in [-0.05, 0) is 44.4 Å². The van der Waals surface area contributed by atoms with E-state index in [9.17, 15) is 4.79 Å². The topological polar surface area (TPSA) is 35.5 Å². The fourth-order valence-electron chi connectivity index (χ4n) is 3.49. The van der Waals surface area contributed by atoms with Crippen LogP contribution in [0, 0.1) is 23.7 Å². The van der Waals surface area contributed by atoms with Crippen molar-refractivity contribution in [1.29, 1.82) is 0 Å². The van der Waals surface area contributed by atoms with Gasteiger partial charge in [0.2, 0.25) is 0 Å². The van der Waals surface area contributed by atoms with Crippen LogP contribution in [0.15, 0.2) is 24.0 Å². The average Bonchev–Trinajstić information content (AvgIpc) is 2.97. The van der Waals surface area contributed by atoms with E-state index in [0.717, 1.165) is 30.4 Å². The maximum absolute atomic E-state index is 12.8. The molecule has 2 aliphatic rings. The van der Waals surface area contributed by atoms with Gasteiger partial charge in [-0.1, -0.05) is 5.92 Å². The molecular weight excluding hydrogens is 296 g/mol. The summed E-state index contributed by atoms with van der Waals surface area (Å²) in [6.45, 7) is 1.79. The molecular formula is C18H18O3S. The van der Waals surface area contributed by atoms with Gasteiger partial charge in [-0.25, -0.2) is 0 Å². The summed E-state index contributed by atoms with van der Waals surface area (Å²) in [7, 11) is 1.60. The molecule has 114 valence electrons. The predicted molar refractivity (Wildman–Crippen MR) is 88.4 cm³/mol. The Morgan fingerprint density at radius 3 is 2.73 bits per heavy atom. The fraction of sp³-hybridized carbons (Fsp3) is 0.389. The summed E-state index contributed by atoms with van der Waals surface area (Å²) < 4.78 is 10.8. The molecule has 0 aromatic heterocycles. The molecule has 3 nitrogen and oxygen atoms in total. The molecule has 0 amide bonds. The summed E-state index contributed by atoms with van der Waals surface area (Å²) in [6.07, 6.45) is 2.78. The lowest BCUT2D eigenvalue weighted by Crippen LogP contribution is -2.21. The number of fused-ring (bicyclic) bond motifs is 2. The highest BCUT2D eigenvalue weighted by molar-refractivity contribution is 7.75. The Kier molecular flexibility index (Phi) is 4.17. The second kappa shape index (κ2) is 6.10. The van der Waals surface area contributed by atoms with Crippen molar-refractivity contribution in [3.63, 3.8) is 0 Å². The zero-order valence-corrected chi connectivity index (χ0v) is 13.6. The molecule has 3 rings (SSSR count). The number of allylic oxidation sites excluding steroid dienone is 2. The van der Waals surface area contributed by atoms with Crippen LogP contribution in [0.5, 0.6) is 5.75 Å². The summed E-state index contributed by atoms with van der Waals surface area (Å²) in [5.74, 6) is 7.74. The molecule has 2 aliphatic carbocycles. The third kappa shape index (κ3) is 2.40. The van der Waals surface area contributed by atoms with E-state index in [0.29, 0.717) is 17.1 Å². The molecule has 2 bridgehead atoms. The molecule has 0 saturated heterocycles. The number of ether oxygens (including phenoxy) is 1. The van der Waals surface area contributed by atoms with E-state index >= 15 is 0 Å². The van der Waals surface area contributed by atoms with Crippen LogP contribution in [0.4, 0.5) is 0 Å². The Morgan fingerprint density at radius 1 is 1.27 bits per heavy atom. The molecule has 0 radical (unpaired) electrons. The minimum Gasteiger partial charge on any atom is -0.496 e. The second-order valence-electron chi connectivity index (χ2n) is 5.69. The first-order valence-electron chi connectivity index (χ1n) is 7.40. The first kappa shape index (κ1) is 15.1. The number of carbonyl (C=O) groups excluding carboxylic acids is 1. The maximum atomic E-state index is 12.8. The number of hydrogen-bond acceptors (Lipinski definition) is 4. The van der Waals surface area contributed by atoms with E-state index in [1.54, 1.807) is 14.0 Å². The number of Topliss-reactive ketones (excluding diaryl/α,β-unsaturated/α-hetero) is 1. The molecule has 2 unspecified atom stereocenters. The summed E-state index contributed by atoms with van der Waals surface area (Å²) in [6, 6.07) is 5.66. The van der Waals surface area contributed by atoms with Crippen LogP contribution in [-0.2, 0) is 8.98 Å². The molecule has 0 spiro atoms. The summed E-state index contributed by atoms with van der Waals surface area (Å²) in [4.78, 5) is 12.8. The van der Waals surface area contributed by atoms with Crippen molar-refractivity contribution in [1.82, 2.24) is 0 Å². The van der Waals surface area contributed by atoms with Gasteiger partial charge in [0.1, 0.15) is 11.5 Å². The van der Waals surface area contributed by atoms with Crippen molar-refractivity contribution >= 4 is 24.3 Å². The van der Waals surface area contributed by atoms with Gasteiger partial charge in [0.25, 0.3) is 0 Å². The largest absolute Gasteiger partial charge is 0.496 e. The minimum absolute atomic E-state index is 0.104. The van der Waals surface area contributed by atoms with Gasteiger partial charge < -0.3 is 8.92 Å². The normalized spacial score (nSPS) is 23.1. The lowest BCUT2D eigenvalue weighted by atomic mass is 9.83. The third-order valence-corrected chi connectivity index (χ3v) is 4.70. The highest BCUT2D eigenvalue weighted by Crippen LogP contribution is 2.48. The Labute approximate surface area is 136 Å². The number of methoxy groups -OCH3 is 1. The quantitative estimate of drug-likeness (QED) is 0.525. The minimum atomic E-state index is 0.104. The van der Waals surface area contributed by atoms with Crippen LogP contribution in [0.2, 0.25) is 0 Å². The van der Waals surface area contributed by atoms with Crippen LogP contribution < -0.4 is 4.74 Å². The van der Waals surface area contributed by atoms with Gasteiger partial charge in [-0.3, -0.25) is 4.79 Å². The van der Waals surface area contributed by atoms with Gasteiger partial charge in [-0.15, -0.1) is 5.92 Å². The average molecular weight is 314 g/mol. The summed E-state index contributed by atoms with van der Waals surface area (Å²) >= 11 is 3.99. The Hall–Kier alpha value is -1.86. The Morgan fingerprint density at radius 2 is 2.05 bits per heavy atom. The summed E-state index contributed by atoms with van der Waals surface area (Å²) in [5, 5.41) is 0. The molecule has 1 fully saturated rings. The molecule has 1 aromatic carbocycles. The summed E-state index contributed by atoms with van der Waals surface area (Å²) in [5.41, 5.74) is 2.26. The van der Waals surface area contributed by atoms with E-state index in [2.05, 4.69) is 24.8 Å². The number of rotatable bonds is 3. The molecule has 0 N–H and O–H groups in total. The fourth-order valence-corrected chi connectivity index (χ4v) is 3.73. The van der Waals surface area contributed by atoms with Gasteiger partial charge in [0, 0.05) is 35.9 Å². The number of hydrogen-bond donors (Lipinski definition) is 1. The lowest BCUT2D eigenvalue weighted by Gasteiger charge is -2.24. The lowest BCUT2D eigenvalue weighted by molar-refractivity contribution is -0.117. The maximum Gasteiger partial charge on any atom is 0.170 e.